The van der Waals surface area contributed by atoms with E-state index in [0.29, 0.717) is 35.0 Å². The predicted molar refractivity (Wildman–Crippen MR) is 107 cm³/mol. The maximum atomic E-state index is 13.9. The molecule has 0 atom stereocenters. The third-order valence-corrected chi connectivity index (χ3v) is 4.13. The number of carbonyl (C=O) groups is 1. The molecule has 150 valence electrons. The molecule has 29 heavy (non-hydrogen) atoms. The molecule has 0 radical (unpaired) electrons. The number of hydrogen-bond acceptors (Lipinski definition) is 7. The van der Waals surface area contributed by atoms with Crippen LogP contribution in [0.15, 0.2) is 42.7 Å². The van der Waals surface area contributed by atoms with Crippen LogP contribution in [0.1, 0.15) is 21.5 Å². The third kappa shape index (κ3) is 4.74. The van der Waals surface area contributed by atoms with Crippen LogP contribution in [0.5, 0.6) is 0 Å². The highest BCUT2D eigenvalue weighted by atomic mass is 19.1. The number of aromatic nitrogens is 3. The summed E-state index contributed by atoms with van der Waals surface area (Å²) < 4.78 is 15.5. The molecule has 0 spiro atoms. The molecular weight excluding hydrogens is 377 g/mol. The van der Waals surface area contributed by atoms with Crippen LogP contribution in [0.4, 0.5) is 21.7 Å². The number of aliphatic hydroxyl groups is 1. The summed E-state index contributed by atoms with van der Waals surface area (Å²) in [7, 11) is 0. The number of amides is 1. The minimum atomic E-state index is -0.845. The van der Waals surface area contributed by atoms with Crippen molar-refractivity contribution in [2.75, 3.05) is 17.2 Å². The summed E-state index contributed by atoms with van der Waals surface area (Å²) >= 11 is 0. The fraction of sp³-hybridized carbons (Fsp3) is 0.158. The van der Waals surface area contributed by atoms with E-state index >= 15 is 0 Å². The topological polar surface area (TPSA) is 142 Å². The Bertz CT molecular complexity index is 1040. The second kappa shape index (κ2) is 8.93. The van der Waals surface area contributed by atoms with Gasteiger partial charge in [-0.15, -0.1) is 0 Å². The van der Waals surface area contributed by atoms with Gasteiger partial charge in [0.1, 0.15) is 11.6 Å². The summed E-state index contributed by atoms with van der Waals surface area (Å²) in [6.45, 7) is 0.491. The van der Waals surface area contributed by atoms with Gasteiger partial charge in [-0.05, 0) is 11.6 Å². The zero-order chi connectivity index (χ0) is 20.8. The van der Waals surface area contributed by atoms with Crippen LogP contribution in [0.2, 0.25) is 0 Å². The minimum absolute atomic E-state index is 0.0190. The van der Waals surface area contributed by atoms with Crippen LogP contribution in [-0.2, 0) is 13.1 Å². The van der Waals surface area contributed by atoms with Crippen molar-refractivity contribution < 1.29 is 14.3 Å². The molecule has 1 aromatic carbocycles. The van der Waals surface area contributed by atoms with Crippen molar-refractivity contribution >= 4 is 29.4 Å². The molecule has 0 saturated carbocycles. The zero-order valence-corrected chi connectivity index (χ0v) is 15.4. The Morgan fingerprint density at radius 1 is 1.34 bits per heavy atom. The molecule has 9 nitrogen and oxygen atoms in total. The number of pyridine rings is 1. The molecule has 10 heteroatoms. The largest absolute Gasteiger partial charge is 0.394 e. The van der Waals surface area contributed by atoms with Crippen LogP contribution < -0.4 is 16.4 Å². The lowest BCUT2D eigenvalue weighted by Crippen LogP contribution is -2.17. The summed E-state index contributed by atoms with van der Waals surface area (Å²) in [5.41, 5.74) is 6.60. The van der Waals surface area contributed by atoms with Gasteiger partial charge in [0.2, 0.25) is 0 Å². The number of nitrogens with zero attached hydrogens (tertiary/aromatic N) is 3. The van der Waals surface area contributed by atoms with Gasteiger partial charge >= 0.3 is 0 Å². The number of primary amides is 1. The van der Waals surface area contributed by atoms with Gasteiger partial charge in [0.25, 0.3) is 5.91 Å². The first-order valence-electron chi connectivity index (χ1n) is 8.74. The fourth-order valence-corrected chi connectivity index (χ4v) is 2.77. The SMILES string of the molecule is N=Cc1cnc(Nc2ccn(CCO)n2)cc1NCc1cccc(F)c1C(N)=O. The number of halogens is 1. The van der Waals surface area contributed by atoms with Gasteiger partial charge in [-0.1, -0.05) is 12.1 Å². The number of aliphatic hydroxyl groups excluding tert-OH is 1. The van der Waals surface area contributed by atoms with Gasteiger partial charge in [-0.2, -0.15) is 5.10 Å². The van der Waals surface area contributed by atoms with E-state index in [1.807, 2.05) is 0 Å². The Morgan fingerprint density at radius 3 is 2.90 bits per heavy atom. The van der Waals surface area contributed by atoms with Crippen LogP contribution in [0.25, 0.3) is 0 Å². The maximum Gasteiger partial charge on any atom is 0.252 e. The molecule has 0 aliphatic heterocycles. The fourth-order valence-electron chi connectivity index (χ4n) is 2.77. The summed E-state index contributed by atoms with van der Waals surface area (Å²) in [4.78, 5) is 15.8. The number of benzene rings is 1. The number of nitrogens with two attached hydrogens (primary N) is 1. The lowest BCUT2D eigenvalue weighted by Gasteiger charge is -2.13. The Hall–Kier alpha value is -3.79. The summed E-state index contributed by atoms with van der Waals surface area (Å²) in [6, 6.07) is 7.69. The molecule has 0 unspecified atom stereocenters. The molecule has 2 heterocycles. The van der Waals surface area contributed by atoms with E-state index in [1.165, 1.54) is 18.3 Å². The van der Waals surface area contributed by atoms with Crippen molar-refractivity contribution in [3.63, 3.8) is 0 Å². The van der Waals surface area contributed by atoms with E-state index in [-0.39, 0.29) is 18.7 Å². The van der Waals surface area contributed by atoms with Crippen LogP contribution in [0, 0.1) is 11.2 Å². The summed E-state index contributed by atoms with van der Waals surface area (Å²) in [6.07, 6.45) is 4.36. The first-order chi connectivity index (χ1) is 14.0. The van der Waals surface area contributed by atoms with Crippen molar-refractivity contribution in [1.82, 2.24) is 14.8 Å². The number of hydrogen-bond donors (Lipinski definition) is 5. The van der Waals surface area contributed by atoms with Gasteiger partial charge < -0.3 is 26.9 Å². The van der Waals surface area contributed by atoms with Crippen molar-refractivity contribution in [2.24, 2.45) is 5.73 Å². The molecule has 2 aromatic heterocycles. The molecule has 3 rings (SSSR count). The van der Waals surface area contributed by atoms with Crippen molar-refractivity contribution in [2.45, 2.75) is 13.1 Å². The second-order valence-corrected chi connectivity index (χ2v) is 6.11. The number of carbonyl (C=O) groups excluding carboxylic acids is 1. The lowest BCUT2D eigenvalue weighted by molar-refractivity contribution is 0.0995. The van der Waals surface area contributed by atoms with Crippen molar-refractivity contribution in [1.29, 1.82) is 5.41 Å². The molecule has 0 saturated heterocycles. The first-order valence-corrected chi connectivity index (χ1v) is 8.74. The zero-order valence-electron chi connectivity index (χ0n) is 15.4. The molecule has 0 aliphatic rings. The lowest BCUT2D eigenvalue weighted by atomic mass is 10.1. The van der Waals surface area contributed by atoms with E-state index < -0.39 is 11.7 Å². The standard InChI is InChI=1S/C19H20FN7O2/c20-14-3-1-2-12(18(14)19(22)29)10-23-15-8-17(24-11-13(15)9-21)25-16-4-5-27(26-16)6-7-28/h1-5,8-9,11,21,28H,6-7,10H2,(H2,22,29)(H2,23,24,25,26). The highest BCUT2D eigenvalue weighted by molar-refractivity contribution is 5.94. The smallest absolute Gasteiger partial charge is 0.252 e. The highest BCUT2D eigenvalue weighted by Crippen LogP contribution is 2.22. The third-order valence-electron chi connectivity index (χ3n) is 4.13. The number of anilines is 3. The molecule has 1 amide bonds. The van der Waals surface area contributed by atoms with Gasteiger partial charge in [-0.3, -0.25) is 9.48 Å². The van der Waals surface area contributed by atoms with Crippen LogP contribution in [-0.4, -0.2) is 38.6 Å². The van der Waals surface area contributed by atoms with Gasteiger partial charge in [-0.25, -0.2) is 9.37 Å². The normalized spacial score (nSPS) is 10.6. The van der Waals surface area contributed by atoms with Crippen molar-refractivity contribution in [3.8, 4) is 0 Å². The van der Waals surface area contributed by atoms with Crippen molar-refractivity contribution in [3.05, 3.63) is 65.2 Å². The number of rotatable bonds is 9. The average molecular weight is 397 g/mol. The Morgan fingerprint density at radius 2 is 2.17 bits per heavy atom. The van der Waals surface area contributed by atoms with E-state index in [1.54, 1.807) is 29.1 Å². The molecule has 6 N–H and O–H groups in total. The minimum Gasteiger partial charge on any atom is -0.394 e. The quantitative estimate of drug-likeness (QED) is 0.349. The predicted octanol–water partition coefficient (Wildman–Crippen LogP) is 1.86. The summed E-state index contributed by atoms with van der Waals surface area (Å²) in [5.74, 6) is -0.510. The highest BCUT2D eigenvalue weighted by Gasteiger charge is 2.14. The summed E-state index contributed by atoms with van der Waals surface area (Å²) in [5, 5.41) is 26.9. The van der Waals surface area contributed by atoms with E-state index in [4.69, 9.17) is 16.2 Å². The Kier molecular flexibility index (Phi) is 6.15. The van der Waals surface area contributed by atoms with Crippen LogP contribution >= 0.6 is 0 Å². The molecule has 0 fully saturated rings. The molecular formula is C19H20FN7O2. The first kappa shape index (κ1) is 20.0. The van der Waals surface area contributed by atoms with Gasteiger partial charge in [0.05, 0.1) is 18.7 Å². The molecule has 0 aliphatic carbocycles. The molecule has 0 bridgehead atoms. The average Bonchev–Trinajstić information content (AvgIpc) is 3.13. The maximum absolute atomic E-state index is 13.9. The van der Waals surface area contributed by atoms with E-state index in [2.05, 4.69) is 20.7 Å². The Labute approximate surface area is 165 Å². The Balaban J connectivity index is 1.80. The van der Waals surface area contributed by atoms with Crippen LogP contribution in [0.3, 0.4) is 0 Å². The van der Waals surface area contributed by atoms with E-state index in [9.17, 15) is 9.18 Å². The monoisotopic (exact) mass is 397 g/mol. The van der Waals surface area contributed by atoms with Gasteiger partial charge in [0, 0.05) is 48.5 Å². The number of nitrogens with one attached hydrogen (secondary N) is 3. The van der Waals surface area contributed by atoms with E-state index in [0.717, 1.165) is 6.21 Å². The molecule has 3 aromatic rings. The second-order valence-electron chi connectivity index (χ2n) is 6.11. The van der Waals surface area contributed by atoms with Gasteiger partial charge in [0.15, 0.2) is 5.82 Å².